The van der Waals surface area contributed by atoms with Gasteiger partial charge < -0.3 is 29.1 Å². The molecule has 0 saturated carbocycles. The number of nitrogens with zero attached hydrogens (tertiary/aromatic N) is 4. The number of nitrogens with one attached hydrogen (secondary N) is 2. The lowest BCUT2D eigenvalue weighted by atomic mass is 9.96. The SMILES string of the molecule is CCOC(=O)[C@@H]1C[C@@H](c2ccccc2)CN1c1ncc(NS(=O)(=O)c2ccc(OC)cc2)c2ccccc12.COc1ccc(S(=O)(=O)Nc2cnc(N3C[C@H](c4ccccc4)C[C@H]3C(=O)O)c3ccccc23)cc1. The predicted octanol–water partition coefficient (Wildman–Crippen LogP) is 9.46. The lowest BCUT2D eigenvalue weighted by molar-refractivity contribution is -0.144. The molecule has 0 radical (unpaired) electrons. The van der Waals surface area contributed by atoms with Crippen LogP contribution in [0.2, 0.25) is 0 Å². The van der Waals surface area contributed by atoms with Crippen molar-refractivity contribution in [3.05, 3.63) is 181 Å². The molecule has 2 fully saturated rings. The zero-order valence-electron chi connectivity index (χ0n) is 40.7. The molecule has 16 nitrogen and oxygen atoms in total. The average Bonchev–Trinajstić information content (AvgIpc) is 4.09. The summed E-state index contributed by atoms with van der Waals surface area (Å²) >= 11 is 0. The number of aromatic nitrogens is 2. The van der Waals surface area contributed by atoms with Crippen molar-refractivity contribution < 1.29 is 45.7 Å². The lowest BCUT2D eigenvalue weighted by Gasteiger charge is -2.26. The number of hydrogen-bond acceptors (Lipinski definition) is 13. The van der Waals surface area contributed by atoms with Crippen molar-refractivity contribution >= 4 is 76.5 Å². The molecule has 6 aromatic carbocycles. The molecule has 0 spiro atoms. The Morgan fingerprint density at radius 2 is 0.932 bits per heavy atom. The van der Waals surface area contributed by atoms with E-state index in [1.165, 1.54) is 50.9 Å². The molecule has 74 heavy (non-hydrogen) atoms. The van der Waals surface area contributed by atoms with E-state index in [0.717, 1.165) is 16.5 Å². The zero-order chi connectivity index (χ0) is 52.0. The van der Waals surface area contributed by atoms with Gasteiger partial charge >= 0.3 is 11.9 Å². The van der Waals surface area contributed by atoms with Gasteiger partial charge in [-0.3, -0.25) is 9.44 Å². The molecule has 4 atom stereocenters. The van der Waals surface area contributed by atoms with E-state index in [9.17, 15) is 31.5 Å². The maximum atomic E-state index is 13.1. The molecule has 0 aliphatic carbocycles. The first-order valence-corrected chi connectivity index (χ1v) is 26.9. The normalized spacial score (nSPS) is 17.6. The molecule has 4 heterocycles. The van der Waals surface area contributed by atoms with Crippen molar-refractivity contribution in [1.82, 2.24) is 9.97 Å². The smallest absolute Gasteiger partial charge is 0.328 e. The molecule has 2 saturated heterocycles. The van der Waals surface area contributed by atoms with E-state index in [2.05, 4.69) is 31.5 Å². The fraction of sp³-hybridized carbons (Fsp3) is 0.214. The van der Waals surface area contributed by atoms with Gasteiger partial charge in [0.05, 0.1) is 54.4 Å². The maximum Gasteiger partial charge on any atom is 0.328 e. The standard InChI is InChI=1S/C29H29N3O5S.C27H25N3O5S/c1-3-37-29(33)27-17-21(20-9-5-4-6-10-20)19-32(27)28-25-12-8-7-11-24(25)26(18-30-28)31-38(34,35)23-15-13-22(36-2)14-16-23;1-35-20-11-13-21(14-12-20)36(33,34)29-24-16-28-26(23-10-6-5-9-22(23)24)30-17-19(15-25(30)27(31)32)18-7-3-2-4-8-18/h4-16,18,21,27,31H,3,17,19H2,1-2H3;2-14,16,19,25,29H,15,17H2,1H3,(H,31,32)/t21-,27+;19-,25+/m11/s1. The van der Waals surface area contributed by atoms with Crippen molar-refractivity contribution in [2.75, 3.05) is 53.2 Å². The first-order chi connectivity index (χ1) is 35.8. The highest BCUT2D eigenvalue weighted by Gasteiger charge is 2.41. The van der Waals surface area contributed by atoms with Gasteiger partial charge in [0.1, 0.15) is 35.2 Å². The van der Waals surface area contributed by atoms with Crippen LogP contribution in [0.5, 0.6) is 11.5 Å². The summed E-state index contributed by atoms with van der Waals surface area (Å²) in [6.45, 7) is 3.17. The summed E-state index contributed by atoms with van der Waals surface area (Å²) in [4.78, 5) is 38.4. The van der Waals surface area contributed by atoms with Crippen LogP contribution in [0.25, 0.3) is 21.5 Å². The third kappa shape index (κ3) is 10.8. The van der Waals surface area contributed by atoms with Gasteiger partial charge in [0.25, 0.3) is 20.0 Å². The van der Waals surface area contributed by atoms with Gasteiger partial charge in [-0.25, -0.2) is 36.4 Å². The summed E-state index contributed by atoms with van der Waals surface area (Å²) in [5.41, 5.74) is 2.90. The number of fused-ring (bicyclic) bond motifs is 2. The lowest BCUT2D eigenvalue weighted by Crippen LogP contribution is -2.38. The Labute approximate surface area is 429 Å². The van der Waals surface area contributed by atoms with Gasteiger partial charge in [0.2, 0.25) is 0 Å². The van der Waals surface area contributed by atoms with Gasteiger partial charge in [-0.2, -0.15) is 0 Å². The second-order valence-corrected chi connectivity index (χ2v) is 21.1. The third-order valence-electron chi connectivity index (χ3n) is 13.3. The minimum absolute atomic E-state index is 0.0427. The van der Waals surface area contributed by atoms with Crippen molar-refractivity contribution in [2.45, 2.75) is 53.5 Å². The zero-order valence-corrected chi connectivity index (χ0v) is 42.4. The maximum absolute atomic E-state index is 13.1. The van der Waals surface area contributed by atoms with E-state index in [1.807, 2.05) is 101 Å². The van der Waals surface area contributed by atoms with Gasteiger partial charge in [0, 0.05) is 46.5 Å². The predicted molar refractivity (Wildman–Crippen MR) is 285 cm³/mol. The van der Waals surface area contributed by atoms with Crippen LogP contribution in [0.1, 0.15) is 42.7 Å². The number of esters is 1. The molecule has 8 aromatic rings. The van der Waals surface area contributed by atoms with Gasteiger partial charge in [-0.1, -0.05) is 109 Å². The summed E-state index contributed by atoms with van der Waals surface area (Å²) in [6.07, 6.45) is 4.02. The third-order valence-corrected chi connectivity index (χ3v) is 16.1. The number of benzene rings is 6. The van der Waals surface area contributed by atoms with Crippen LogP contribution in [0, 0.1) is 0 Å². The van der Waals surface area contributed by atoms with Crippen LogP contribution in [0.15, 0.2) is 180 Å². The summed E-state index contributed by atoms with van der Waals surface area (Å²) in [6, 6.07) is 45.7. The van der Waals surface area contributed by atoms with Crippen molar-refractivity contribution in [1.29, 1.82) is 0 Å². The van der Waals surface area contributed by atoms with Crippen LogP contribution in [-0.2, 0) is 34.4 Å². The number of rotatable bonds is 15. The molecule has 2 aliphatic heterocycles. The van der Waals surface area contributed by atoms with E-state index in [4.69, 9.17) is 14.2 Å². The number of carbonyl (C=O) groups is 2. The molecule has 0 amide bonds. The van der Waals surface area contributed by atoms with Crippen LogP contribution in [-0.4, -0.2) is 89.8 Å². The van der Waals surface area contributed by atoms with E-state index < -0.39 is 38.1 Å². The van der Waals surface area contributed by atoms with Gasteiger partial charge in [0.15, 0.2) is 0 Å². The Bertz CT molecular complexity index is 3520. The number of pyridine rings is 2. The molecule has 2 aromatic heterocycles. The van der Waals surface area contributed by atoms with E-state index >= 15 is 0 Å². The summed E-state index contributed by atoms with van der Waals surface area (Å²) in [7, 11) is -4.72. The van der Waals surface area contributed by atoms with Crippen LogP contribution < -0.4 is 28.7 Å². The Kier molecular flexibility index (Phi) is 15.0. The summed E-state index contributed by atoms with van der Waals surface area (Å²) in [5.74, 6) is 1.22. The van der Waals surface area contributed by atoms with Gasteiger partial charge in [-0.05, 0) is 79.4 Å². The van der Waals surface area contributed by atoms with Gasteiger partial charge in [-0.15, -0.1) is 0 Å². The highest BCUT2D eigenvalue weighted by atomic mass is 32.2. The number of ether oxygens (including phenoxy) is 3. The first kappa shape index (κ1) is 50.7. The average molecular weight is 1040 g/mol. The molecule has 380 valence electrons. The molecule has 0 bridgehead atoms. The van der Waals surface area contributed by atoms with Crippen LogP contribution in [0.4, 0.5) is 23.0 Å². The molecular formula is C56H54N6O10S2. The molecular weight excluding hydrogens is 981 g/mol. The second kappa shape index (κ2) is 21.9. The van der Waals surface area contributed by atoms with E-state index in [-0.39, 0.29) is 27.6 Å². The number of methoxy groups -OCH3 is 2. The minimum Gasteiger partial charge on any atom is -0.497 e. The molecule has 18 heteroatoms. The molecule has 2 aliphatic rings. The monoisotopic (exact) mass is 1030 g/mol. The van der Waals surface area contributed by atoms with Crippen molar-refractivity contribution in [3.63, 3.8) is 0 Å². The number of carboxylic acid groups (broad SMARTS) is 1. The summed E-state index contributed by atoms with van der Waals surface area (Å²) < 4.78 is 73.4. The number of carbonyl (C=O) groups excluding carboxylic acids is 1. The van der Waals surface area contributed by atoms with Crippen molar-refractivity contribution in [3.8, 4) is 11.5 Å². The second-order valence-electron chi connectivity index (χ2n) is 17.8. The van der Waals surface area contributed by atoms with Crippen LogP contribution >= 0.6 is 0 Å². The van der Waals surface area contributed by atoms with E-state index in [0.29, 0.717) is 83.2 Å². The van der Waals surface area contributed by atoms with Crippen molar-refractivity contribution in [2.24, 2.45) is 0 Å². The Morgan fingerprint density at radius 3 is 1.32 bits per heavy atom. The highest BCUT2D eigenvalue weighted by Crippen LogP contribution is 2.41. The number of carboxylic acids is 1. The topological polar surface area (TPSA) is 207 Å². The fourth-order valence-electron chi connectivity index (χ4n) is 9.66. The molecule has 0 unspecified atom stereocenters. The number of aliphatic carboxylic acids is 1. The Hall–Kier alpha value is -8.22. The first-order valence-electron chi connectivity index (χ1n) is 23.9. The minimum atomic E-state index is -3.88. The van der Waals surface area contributed by atoms with Crippen LogP contribution in [0.3, 0.4) is 0 Å². The molecule has 10 rings (SSSR count). The highest BCUT2D eigenvalue weighted by molar-refractivity contribution is 7.93. The number of hydrogen-bond donors (Lipinski definition) is 3. The largest absolute Gasteiger partial charge is 0.497 e. The number of anilines is 4. The quantitative estimate of drug-likeness (QED) is 0.0818. The van der Waals surface area contributed by atoms with E-state index in [1.54, 1.807) is 37.3 Å². The molecule has 3 N–H and O–H groups in total. The Morgan fingerprint density at radius 1 is 0.554 bits per heavy atom. The summed E-state index contributed by atoms with van der Waals surface area (Å²) in [5, 5.41) is 12.7. The Balaban J connectivity index is 0.000000182. The number of sulfonamides is 2. The fourth-order valence-corrected chi connectivity index (χ4v) is 11.8.